The molecule has 0 aliphatic carbocycles. The molecule has 1 fully saturated rings. The van der Waals surface area contributed by atoms with Crippen molar-refractivity contribution in [2.75, 3.05) is 33.4 Å². The summed E-state index contributed by atoms with van der Waals surface area (Å²) in [4.78, 5) is 5.01. The number of piperazine rings is 1. The summed E-state index contributed by atoms with van der Waals surface area (Å²) in [5, 5.41) is 14.2. The molecular formula is C22H34N4O2. The topological polar surface area (TPSA) is 53.8 Å². The van der Waals surface area contributed by atoms with Crippen molar-refractivity contribution < 1.29 is 9.84 Å². The lowest BCUT2D eigenvalue weighted by atomic mass is 10.0. The van der Waals surface area contributed by atoms with Crippen molar-refractivity contribution in [2.45, 2.75) is 52.9 Å². The second-order valence-electron chi connectivity index (χ2n) is 7.77. The van der Waals surface area contributed by atoms with E-state index in [9.17, 15) is 5.11 Å². The maximum atomic E-state index is 9.60. The highest BCUT2D eigenvalue weighted by Gasteiger charge is 2.27. The number of aryl methyl sites for hydroxylation is 3. The Bertz CT molecular complexity index is 774. The van der Waals surface area contributed by atoms with Gasteiger partial charge in [-0.05, 0) is 44.4 Å². The van der Waals surface area contributed by atoms with Crippen LogP contribution in [0.2, 0.25) is 0 Å². The van der Waals surface area contributed by atoms with Gasteiger partial charge in [0.25, 0.3) is 0 Å². The van der Waals surface area contributed by atoms with E-state index in [1.807, 2.05) is 4.68 Å². The van der Waals surface area contributed by atoms with Crippen molar-refractivity contribution in [3.63, 3.8) is 0 Å². The fraction of sp³-hybridized carbons (Fsp3) is 0.591. The van der Waals surface area contributed by atoms with E-state index in [4.69, 9.17) is 4.74 Å². The third-order valence-corrected chi connectivity index (χ3v) is 5.76. The molecule has 1 aromatic carbocycles. The number of rotatable bonds is 8. The number of aromatic nitrogens is 2. The molecule has 2 heterocycles. The summed E-state index contributed by atoms with van der Waals surface area (Å²) in [6, 6.07) is 6.78. The predicted molar refractivity (Wildman–Crippen MR) is 112 cm³/mol. The zero-order valence-corrected chi connectivity index (χ0v) is 17.7. The van der Waals surface area contributed by atoms with Crippen molar-refractivity contribution >= 4 is 0 Å². The summed E-state index contributed by atoms with van der Waals surface area (Å²) < 4.78 is 7.39. The fourth-order valence-electron chi connectivity index (χ4n) is 4.12. The zero-order valence-electron chi connectivity index (χ0n) is 17.7. The van der Waals surface area contributed by atoms with Crippen LogP contribution in [0.15, 0.2) is 24.4 Å². The van der Waals surface area contributed by atoms with Gasteiger partial charge < -0.3 is 9.84 Å². The van der Waals surface area contributed by atoms with E-state index in [1.165, 1.54) is 16.7 Å². The van der Waals surface area contributed by atoms with Gasteiger partial charge in [-0.3, -0.25) is 14.5 Å². The molecule has 3 rings (SSSR count). The number of hydrogen-bond donors (Lipinski definition) is 1. The van der Waals surface area contributed by atoms with Crippen LogP contribution in [0.4, 0.5) is 0 Å². The van der Waals surface area contributed by atoms with Crippen molar-refractivity contribution in [3.05, 3.63) is 46.8 Å². The van der Waals surface area contributed by atoms with Crippen LogP contribution in [0.25, 0.3) is 0 Å². The molecule has 0 saturated carbocycles. The Kier molecular flexibility index (Phi) is 7.10. The summed E-state index contributed by atoms with van der Waals surface area (Å²) in [5.41, 5.74) is 4.90. The highest BCUT2D eigenvalue weighted by atomic mass is 16.5. The molecule has 1 aliphatic heterocycles. The van der Waals surface area contributed by atoms with E-state index in [2.05, 4.69) is 60.1 Å². The first-order valence-corrected chi connectivity index (χ1v) is 10.3. The van der Waals surface area contributed by atoms with E-state index in [-0.39, 0.29) is 6.61 Å². The monoisotopic (exact) mass is 386 g/mol. The minimum atomic E-state index is 0.226. The molecule has 1 atom stereocenters. The molecule has 1 saturated heterocycles. The Morgan fingerprint density at radius 2 is 2.04 bits per heavy atom. The molecule has 6 heteroatoms. The maximum absolute atomic E-state index is 9.60. The normalized spacial score (nSPS) is 18.5. The molecule has 154 valence electrons. The second kappa shape index (κ2) is 9.54. The molecule has 0 bridgehead atoms. The summed E-state index contributed by atoms with van der Waals surface area (Å²) in [6.07, 6.45) is 2.97. The van der Waals surface area contributed by atoms with Gasteiger partial charge in [-0.25, -0.2) is 0 Å². The van der Waals surface area contributed by atoms with E-state index >= 15 is 0 Å². The molecular weight excluding hydrogens is 352 g/mol. The van der Waals surface area contributed by atoms with Crippen LogP contribution >= 0.6 is 0 Å². The Labute approximate surface area is 168 Å². The van der Waals surface area contributed by atoms with Gasteiger partial charge in [0.15, 0.2) is 0 Å². The van der Waals surface area contributed by atoms with Gasteiger partial charge in [-0.1, -0.05) is 12.1 Å². The molecule has 1 aromatic heterocycles. The highest BCUT2D eigenvalue weighted by Crippen LogP contribution is 2.23. The number of aliphatic hydroxyl groups excluding tert-OH is 1. The van der Waals surface area contributed by atoms with Crippen LogP contribution in [0.5, 0.6) is 5.75 Å². The van der Waals surface area contributed by atoms with Crippen molar-refractivity contribution in [3.8, 4) is 5.75 Å². The molecule has 28 heavy (non-hydrogen) atoms. The molecule has 1 N–H and O–H groups in total. The van der Waals surface area contributed by atoms with Gasteiger partial charge in [0.2, 0.25) is 0 Å². The van der Waals surface area contributed by atoms with Crippen LogP contribution in [0.3, 0.4) is 0 Å². The van der Waals surface area contributed by atoms with E-state index in [0.717, 1.165) is 57.1 Å². The predicted octanol–water partition coefficient (Wildman–Crippen LogP) is 2.60. The van der Waals surface area contributed by atoms with Crippen LogP contribution in [0, 0.1) is 13.8 Å². The molecule has 0 spiro atoms. The first kappa shape index (κ1) is 20.8. The molecule has 1 unspecified atom stereocenters. The summed E-state index contributed by atoms with van der Waals surface area (Å²) in [5.74, 6) is 0.934. The largest absolute Gasteiger partial charge is 0.496 e. The Balaban J connectivity index is 1.65. The number of hydrogen-bond acceptors (Lipinski definition) is 5. The maximum Gasteiger partial charge on any atom is 0.121 e. The Morgan fingerprint density at radius 3 is 2.68 bits per heavy atom. The van der Waals surface area contributed by atoms with Crippen LogP contribution in [-0.2, 0) is 19.6 Å². The lowest BCUT2D eigenvalue weighted by molar-refractivity contribution is 0.0498. The Hall–Kier alpha value is -1.89. The molecule has 2 aromatic rings. The minimum Gasteiger partial charge on any atom is -0.496 e. The number of ether oxygens (including phenoxy) is 1. The van der Waals surface area contributed by atoms with Gasteiger partial charge in [0.1, 0.15) is 5.75 Å². The summed E-state index contributed by atoms with van der Waals surface area (Å²) >= 11 is 0. The molecule has 0 amide bonds. The van der Waals surface area contributed by atoms with E-state index in [0.29, 0.717) is 6.04 Å². The SMILES string of the molecule is CCn1cc(CN2CCN(Cc3ccc(OC)c(C)c3)C(CCO)C2)c(C)n1. The van der Waals surface area contributed by atoms with Gasteiger partial charge >= 0.3 is 0 Å². The third kappa shape index (κ3) is 4.93. The highest BCUT2D eigenvalue weighted by molar-refractivity contribution is 5.36. The van der Waals surface area contributed by atoms with Gasteiger partial charge in [-0.15, -0.1) is 0 Å². The van der Waals surface area contributed by atoms with Gasteiger partial charge in [-0.2, -0.15) is 5.10 Å². The third-order valence-electron chi connectivity index (χ3n) is 5.76. The lowest BCUT2D eigenvalue weighted by Crippen LogP contribution is -2.52. The van der Waals surface area contributed by atoms with E-state index in [1.54, 1.807) is 7.11 Å². The number of nitrogens with zero attached hydrogens (tertiary/aromatic N) is 4. The first-order valence-electron chi connectivity index (χ1n) is 10.3. The smallest absolute Gasteiger partial charge is 0.121 e. The average molecular weight is 387 g/mol. The minimum absolute atomic E-state index is 0.226. The zero-order chi connectivity index (χ0) is 20.1. The van der Waals surface area contributed by atoms with Crippen LogP contribution in [-0.4, -0.2) is 64.1 Å². The van der Waals surface area contributed by atoms with Crippen LogP contribution in [0.1, 0.15) is 35.7 Å². The molecule has 6 nitrogen and oxygen atoms in total. The van der Waals surface area contributed by atoms with Gasteiger partial charge in [0, 0.05) is 63.7 Å². The van der Waals surface area contributed by atoms with Gasteiger partial charge in [0.05, 0.1) is 12.8 Å². The number of aliphatic hydroxyl groups is 1. The van der Waals surface area contributed by atoms with Crippen molar-refractivity contribution in [1.82, 2.24) is 19.6 Å². The molecule has 0 radical (unpaired) electrons. The summed E-state index contributed by atoms with van der Waals surface area (Å²) in [7, 11) is 1.71. The standard InChI is InChI=1S/C22H34N4O2/c1-5-26-15-20(18(3)23-26)14-24-9-10-25(21(16-24)8-11-27)13-19-6-7-22(28-4)17(2)12-19/h6-7,12,15,21,27H,5,8-11,13-14,16H2,1-4H3. The number of methoxy groups -OCH3 is 1. The first-order chi connectivity index (χ1) is 13.5. The quantitative estimate of drug-likeness (QED) is 0.756. The van der Waals surface area contributed by atoms with Crippen molar-refractivity contribution in [2.24, 2.45) is 0 Å². The second-order valence-corrected chi connectivity index (χ2v) is 7.77. The van der Waals surface area contributed by atoms with Crippen LogP contribution < -0.4 is 4.74 Å². The average Bonchev–Trinajstić information content (AvgIpc) is 3.04. The van der Waals surface area contributed by atoms with Crippen molar-refractivity contribution in [1.29, 1.82) is 0 Å². The molecule has 1 aliphatic rings. The Morgan fingerprint density at radius 1 is 1.21 bits per heavy atom. The lowest BCUT2D eigenvalue weighted by Gasteiger charge is -2.41. The van der Waals surface area contributed by atoms with E-state index < -0.39 is 0 Å². The fourth-order valence-corrected chi connectivity index (χ4v) is 4.12. The number of benzene rings is 1. The summed E-state index contributed by atoms with van der Waals surface area (Å²) in [6.45, 7) is 12.3.